The SMILES string of the molecule is COc1ccc(CCNC(=O)CN(Cc2ccc(C(N)=O)cc2)C2CC2)cc1OC. The Morgan fingerprint density at radius 3 is 2.30 bits per heavy atom. The highest BCUT2D eigenvalue weighted by molar-refractivity contribution is 5.92. The van der Waals surface area contributed by atoms with Crippen molar-refractivity contribution < 1.29 is 19.1 Å². The van der Waals surface area contributed by atoms with Crippen LogP contribution in [0.2, 0.25) is 0 Å². The number of hydrogen-bond acceptors (Lipinski definition) is 5. The van der Waals surface area contributed by atoms with Crippen LogP contribution in [0.4, 0.5) is 0 Å². The van der Waals surface area contributed by atoms with Crippen molar-refractivity contribution in [3.05, 3.63) is 59.2 Å². The van der Waals surface area contributed by atoms with E-state index in [1.54, 1.807) is 26.4 Å². The summed E-state index contributed by atoms with van der Waals surface area (Å²) in [4.78, 5) is 25.9. The van der Waals surface area contributed by atoms with E-state index < -0.39 is 5.91 Å². The number of methoxy groups -OCH3 is 2. The Bertz CT molecular complexity index is 879. The number of nitrogens with zero attached hydrogens (tertiary/aromatic N) is 1. The zero-order valence-electron chi connectivity index (χ0n) is 17.5. The first-order valence-corrected chi connectivity index (χ1v) is 10.1. The van der Waals surface area contributed by atoms with E-state index in [1.165, 1.54) is 0 Å². The average molecular weight is 412 g/mol. The standard InChI is InChI=1S/C23H29N3O4/c1-29-20-10-5-16(13-21(20)30-2)11-12-25-22(27)15-26(19-8-9-19)14-17-3-6-18(7-4-17)23(24)28/h3-7,10,13,19H,8-9,11-12,14-15H2,1-2H3,(H2,24,28)(H,25,27). The van der Waals surface area contributed by atoms with Gasteiger partial charge in [0.1, 0.15) is 0 Å². The summed E-state index contributed by atoms with van der Waals surface area (Å²) in [6.45, 7) is 1.58. The van der Waals surface area contributed by atoms with Crippen LogP contribution in [-0.4, -0.2) is 50.1 Å². The summed E-state index contributed by atoms with van der Waals surface area (Å²) < 4.78 is 10.6. The van der Waals surface area contributed by atoms with E-state index >= 15 is 0 Å². The van der Waals surface area contributed by atoms with Crippen molar-refractivity contribution in [1.29, 1.82) is 0 Å². The van der Waals surface area contributed by atoms with Crippen LogP contribution < -0.4 is 20.5 Å². The Labute approximate surface area is 177 Å². The van der Waals surface area contributed by atoms with Crippen LogP contribution in [-0.2, 0) is 17.8 Å². The van der Waals surface area contributed by atoms with E-state index in [4.69, 9.17) is 15.2 Å². The van der Waals surface area contributed by atoms with Gasteiger partial charge in [0.05, 0.1) is 20.8 Å². The molecule has 0 radical (unpaired) electrons. The molecule has 1 fully saturated rings. The van der Waals surface area contributed by atoms with Crippen molar-refractivity contribution in [3.8, 4) is 11.5 Å². The molecule has 1 aliphatic rings. The number of ether oxygens (including phenoxy) is 2. The van der Waals surface area contributed by atoms with Crippen molar-refractivity contribution in [3.63, 3.8) is 0 Å². The zero-order chi connectivity index (χ0) is 21.5. The highest BCUT2D eigenvalue weighted by Crippen LogP contribution is 2.28. The van der Waals surface area contributed by atoms with E-state index in [9.17, 15) is 9.59 Å². The van der Waals surface area contributed by atoms with Crippen LogP contribution in [0.25, 0.3) is 0 Å². The van der Waals surface area contributed by atoms with Gasteiger partial charge in [-0.1, -0.05) is 18.2 Å². The number of hydrogen-bond donors (Lipinski definition) is 2. The Morgan fingerprint density at radius 1 is 1.03 bits per heavy atom. The fourth-order valence-electron chi connectivity index (χ4n) is 3.39. The number of nitrogens with two attached hydrogens (primary N) is 1. The Hall–Kier alpha value is -3.06. The minimum absolute atomic E-state index is 0.0103. The second-order valence-electron chi connectivity index (χ2n) is 7.49. The summed E-state index contributed by atoms with van der Waals surface area (Å²) in [7, 11) is 3.22. The molecule has 2 aromatic carbocycles. The van der Waals surface area contributed by atoms with Crippen LogP contribution in [0.1, 0.15) is 34.3 Å². The number of benzene rings is 2. The molecular weight excluding hydrogens is 382 g/mol. The third-order valence-electron chi connectivity index (χ3n) is 5.22. The van der Waals surface area contributed by atoms with E-state index in [0.717, 1.165) is 24.0 Å². The highest BCUT2D eigenvalue weighted by Gasteiger charge is 2.30. The minimum atomic E-state index is -0.436. The summed E-state index contributed by atoms with van der Waals surface area (Å²) in [5.41, 5.74) is 7.91. The molecule has 0 heterocycles. The molecule has 0 aliphatic heterocycles. The lowest BCUT2D eigenvalue weighted by Crippen LogP contribution is -2.38. The average Bonchev–Trinajstić information content (AvgIpc) is 3.59. The van der Waals surface area contributed by atoms with E-state index in [1.807, 2.05) is 30.3 Å². The highest BCUT2D eigenvalue weighted by atomic mass is 16.5. The molecule has 30 heavy (non-hydrogen) atoms. The summed E-state index contributed by atoms with van der Waals surface area (Å²) in [5, 5.41) is 3.01. The maximum absolute atomic E-state index is 12.5. The molecule has 0 spiro atoms. The number of nitrogens with one attached hydrogen (secondary N) is 1. The van der Waals surface area contributed by atoms with Gasteiger partial charge in [-0.05, 0) is 54.7 Å². The smallest absolute Gasteiger partial charge is 0.248 e. The van der Waals surface area contributed by atoms with Crippen LogP contribution in [0, 0.1) is 0 Å². The van der Waals surface area contributed by atoms with Crippen molar-refractivity contribution in [2.45, 2.75) is 31.8 Å². The largest absolute Gasteiger partial charge is 0.493 e. The molecule has 3 N–H and O–H groups in total. The summed E-state index contributed by atoms with van der Waals surface area (Å²) in [6.07, 6.45) is 2.93. The van der Waals surface area contributed by atoms with Gasteiger partial charge in [0, 0.05) is 24.7 Å². The lowest BCUT2D eigenvalue weighted by molar-refractivity contribution is -0.122. The molecule has 0 aromatic heterocycles. The van der Waals surface area contributed by atoms with Crippen molar-refractivity contribution in [2.75, 3.05) is 27.3 Å². The molecule has 0 atom stereocenters. The molecule has 1 aliphatic carbocycles. The number of carbonyl (C=O) groups excluding carboxylic acids is 2. The van der Waals surface area contributed by atoms with Gasteiger partial charge in [-0.2, -0.15) is 0 Å². The van der Waals surface area contributed by atoms with E-state index in [0.29, 0.717) is 49.2 Å². The van der Waals surface area contributed by atoms with Crippen LogP contribution in [0.3, 0.4) is 0 Å². The molecule has 0 bridgehead atoms. The zero-order valence-corrected chi connectivity index (χ0v) is 17.5. The van der Waals surface area contributed by atoms with Gasteiger partial charge in [-0.15, -0.1) is 0 Å². The van der Waals surface area contributed by atoms with Gasteiger partial charge < -0.3 is 20.5 Å². The monoisotopic (exact) mass is 411 g/mol. The Kier molecular flexibility index (Phi) is 7.30. The summed E-state index contributed by atoms with van der Waals surface area (Å²) >= 11 is 0. The van der Waals surface area contributed by atoms with E-state index in [-0.39, 0.29) is 5.91 Å². The maximum Gasteiger partial charge on any atom is 0.248 e. The van der Waals surface area contributed by atoms with Crippen LogP contribution in [0.5, 0.6) is 11.5 Å². The number of rotatable bonds is 11. The number of carbonyl (C=O) groups is 2. The molecule has 7 nitrogen and oxygen atoms in total. The van der Waals surface area contributed by atoms with Gasteiger partial charge in [-0.3, -0.25) is 14.5 Å². The summed E-state index contributed by atoms with van der Waals surface area (Å²) in [5.74, 6) is 0.948. The van der Waals surface area contributed by atoms with Crippen LogP contribution >= 0.6 is 0 Å². The molecule has 2 aromatic rings. The molecule has 0 unspecified atom stereocenters. The topological polar surface area (TPSA) is 93.9 Å². The third kappa shape index (κ3) is 5.97. The van der Waals surface area contributed by atoms with E-state index in [2.05, 4.69) is 10.2 Å². The second-order valence-corrected chi connectivity index (χ2v) is 7.49. The normalized spacial score (nSPS) is 13.2. The van der Waals surface area contributed by atoms with Crippen molar-refractivity contribution in [1.82, 2.24) is 10.2 Å². The first kappa shape index (κ1) is 21.6. The van der Waals surface area contributed by atoms with Gasteiger partial charge in [0.2, 0.25) is 11.8 Å². The third-order valence-corrected chi connectivity index (χ3v) is 5.22. The maximum atomic E-state index is 12.5. The van der Waals surface area contributed by atoms with Gasteiger partial charge in [-0.25, -0.2) is 0 Å². The first-order chi connectivity index (χ1) is 14.5. The molecule has 2 amide bonds. The molecule has 0 saturated heterocycles. The number of primary amides is 1. The molecule has 1 saturated carbocycles. The first-order valence-electron chi connectivity index (χ1n) is 10.1. The van der Waals surface area contributed by atoms with Crippen molar-refractivity contribution in [2.24, 2.45) is 5.73 Å². The number of amides is 2. The fraction of sp³-hybridized carbons (Fsp3) is 0.391. The second kappa shape index (κ2) is 10.1. The lowest BCUT2D eigenvalue weighted by atomic mass is 10.1. The van der Waals surface area contributed by atoms with Crippen molar-refractivity contribution >= 4 is 11.8 Å². The van der Waals surface area contributed by atoms with Crippen LogP contribution in [0.15, 0.2) is 42.5 Å². The Balaban J connectivity index is 1.49. The Morgan fingerprint density at radius 2 is 1.70 bits per heavy atom. The predicted octanol–water partition coefficient (Wildman–Crippen LogP) is 2.13. The van der Waals surface area contributed by atoms with Gasteiger partial charge in [0.25, 0.3) is 0 Å². The lowest BCUT2D eigenvalue weighted by Gasteiger charge is -2.21. The van der Waals surface area contributed by atoms with Gasteiger partial charge >= 0.3 is 0 Å². The molecule has 7 heteroatoms. The minimum Gasteiger partial charge on any atom is -0.493 e. The quantitative estimate of drug-likeness (QED) is 0.591. The molecular formula is C23H29N3O4. The van der Waals surface area contributed by atoms with Gasteiger partial charge in [0.15, 0.2) is 11.5 Å². The summed E-state index contributed by atoms with van der Waals surface area (Å²) in [6, 6.07) is 13.5. The fourth-order valence-corrected chi connectivity index (χ4v) is 3.39. The molecule has 160 valence electrons. The molecule has 3 rings (SSSR count). The predicted molar refractivity (Wildman–Crippen MR) is 115 cm³/mol.